The Balaban J connectivity index is 1.12. The van der Waals surface area contributed by atoms with Crippen molar-refractivity contribution in [3.8, 4) is 33.6 Å². The predicted molar refractivity (Wildman–Crippen MR) is 185 cm³/mol. The first kappa shape index (κ1) is 31.9. The molecule has 242 valence electrons. The van der Waals surface area contributed by atoms with Gasteiger partial charge in [-0.3, -0.25) is 9.59 Å². The van der Waals surface area contributed by atoms with Crippen molar-refractivity contribution in [2.75, 3.05) is 20.1 Å². The lowest BCUT2D eigenvalue weighted by Gasteiger charge is -2.24. The van der Waals surface area contributed by atoms with E-state index >= 15 is 0 Å². The summed E-state index contributed by atoms with van der Waals surface area (Å²) in [6.07, 6.45) is 6.53. The second-order valence-electron chi connectivity index (χ2n) is 12.4. The molecule has 3 aromatic carbocycles. The van der Waals surface area contributed by atoms with Crippen molar-refractivity contribution < 1.29 is 9.59 Å². The van der Waals surface area contributed by atoms with E-state index in [0.29, 0.717) is 19.6 Å². The zero-order valence-corrected chi connectivity index (χ0v) is 27.3. The molecule has 0 spiro atoms. The van der Waals surface area contributed by atoms with Crippen molar-refractivity contribution >= 4 is 11.8 Å². The molecule has 0 aliphatic heterocycles. The van der Waals surface area contributed by atoms with Gasteiger partial charge in [-0.1, -0.05) is 92.7 Å². The number of rotatable bonds is 14. The van der Waals surface area contributed by atoms with Gasteiger partial charge in [-0.15, -0.1) is 0 Å². The Morgan fingerprint density at radius 3 is 2.04 bits per heavy atom. The fourth-order valence-electron chi connectivity index (χ4n) is 5.93. The summed E-state index contributed by atoms with van der Waals surface area (Å²) >= 11 is 0. The minimum Gasteiger partial charge on any atom is -0.348 e. The first-order chi connectivity index (χ1) is 22.9. The molecular formula is C38H43N7O2. The van der Waals surface area contributed by atoms with E-state index in [1.54, 1.807) is 7.05 Å². The fourth-order valence-corrected chi connectivity index (χ4v) is 5.93. The van der Waals surface area contributed by atoms with E-state index in [1.165, 1.54) is 0 Å². The highest BCUT2D eigenvalue weighted by molar-refractivity contribution is 5.81. The third-order valence-corrected chi connectivity index (χ3v) is 8.80. The number of carbonyl (C=O) groups is 2. The van der Waals surface area contributed by atoms with Crippen LogP contribution in [0.15, 0.2) is 91.3 Å². The molecule has 2 atom stereocenters. The summed E-state index contributed by atoms with van der Waals surface area (Å²) in [7, 11) is 1.78. The molecule has 1 aliphatic carbocycles. The van der Waals surface area contributed by atoms with Gasteiger partial charge in [-0.05, 0) is 54.1 Å². The summed E-state index contributed by atoms with van der Waals surface area (Å²) in [5, 5.41) is 6.22. The van der Waals surface area contributed by atoms with Crippen LogP contribution in [-0.2, 0) is 16.1 Å². The Morgan fingerprint density at radius 2 is 1.45 bits per heavy atom. The maximum atomic E-state index is 12.7. The van der Waals surface area contributed by atoms with Crippen LogP contribution in [-0.4, -0.2) is 56.8 Å². The lowest BCUT2D eigenvalue weighted by molar-refractivity contribution is -0.131. The lowest BCUT2D eigenvalue weighted by atomic mass is 9.93. The molecule has 1 fully saturated rings. The van der Waals surface area contributed by atoms with E-state index in [1.807, 2.05) is 35.5 Å². The molecule has 2 aromatic heterocycles. The molecule has 5 aromatic rings. The quantitative estimate of drug-likeness (QED) is 0.112. The maximum absolute atomic E-state index is 12.7. The Bertz CT molecular complexity index is 1770. The molecule has 0 radical (unpaired) electrons. The van der Waals surface area contributed by atoms with Crippen LogP contribution < -0.4 is 10.6 Å². The second kappa shape index (κ2) is 14.6. The van der Waals surface area contributed by atoms with Gasteiger partial charge in [0.25, 0.3) is 0 Å². The van der Waals surface area contributed by atoms with Crippen molar-refractivity contribution in [3.05, 3.63) is 108 Å². The Morgan fingerprint density at radius 1 is 0.851 bits per heavy atom. The van der Waals surface area contributed by atoms with Gasteiger partial charge >= 0.3 is 0 Å². The molecule has 1 aliphatic rings. The number of amides is 2. The molecule has 2 amide bonds. The summed E-state index contributed by atoms with van der Waals surface area (Å²) in [5.74, 6) is 1.91. The van der Waals surface area contributed by atoms with Gasteiger partial charge in [0.2, 0.25) is 11.8 Å². The van der Waals surface area contributed by atoms with Gasteiger partial charge in [0.15, 0.2) is 0 Å². The van der Waals surface area contributed by atoms with Gasteiger partial charge in [0, 0.05) is 18.4 Å². The number of aromatic amines is 2. The van der Waals surface area contributed by atoms with E-state index in [4.69, 9.17) is 4.98 Å². The highest BCUT2D eigenvalue weighted by Crippen LogP contribution is 2.34. The lowest BCUT2D eigenvalue weighted by Crippen LogP contribution is -2.37. The topological polar surface area (TPSA) is 119 Å². The third kappa shape index (κ3) is 7.69. The number of benzene rings is 3. The monoisotopic (exact) mass is 629 g/mol. The summed E-state index contributed by atoms with van der Waals surface area (Å²) in [6, 6.07) is 26.8. The molecule has 0 bridgehead atoms. The van der Waals surface area contributed by atoms with Crippen molar-refractivity contribution in [2.45, 2.75) is 51.6 Å². The molecule has 9 nitrogen and oxygen atoms in total. The van der Waals surface area contributed by atoms with E-state index in [9.17, 15) is 9.59 Å². The minimum absolute atomic E-state index is 0.0336. The molecule has 2 heterocycles. The Labute approximate surface area is 276 Å². The van der Waals surface area contributed by atoms with Crippen molar-refractivity contribution in [2.24, 2.45) is 5.92 Å². The molecule has 4 N–H and O–H groups in total. The third-order valence-electron chi connectivity index (χ3n) is 8.80. The van der Waals surface area contributed by atoms with Crippen LogP contribution in [0.25, 0.3) is 33.6 Å². The Kier molecular flexibility index (Phi) is 9.92. The average Bonchev–Trinajstić information content (AvgIpc) is 3.66. The minimum atomic E-state index is -0.162. The summed E-state index contributed by atoms with van der Waals surface area (Å²) < 4.78 is 0. The van der Waals surface area contributed by atoms with Crippen molar-refractivity contribution in [1.82, 2.24) is 35.5 Å². The van der Waals surface area contributed by atoms with Crippen LogP contribution in [0.5, 0.6) is 0 Å². The van der Waals surface area contributed by atoms with E-state index in [-0.39, 0.29) is 29.7 Å². The first-order valence-corrected chi connectivity index (χ1v) is 16.5. The van der Waals surface area contributed by atoms with Crippen LogP contribution in [0.3, 0.4) is 0 Å². The number of likely N-dealkylation sites (N-methyl/N-ethyl adjacent to an activating group) is 1. The van der Waals surface area contributed by atoms with Crippen LogP contribution in [0.4, 0.5) is 0 Å². The van der Waals surface area contributed by atoms with Gasteiger partial charge in [0.05, 0.1) is 42.9 Å². The predicted octanol–water partition coefficient (Wildman–Crippen LogP) is 6.46. The number of nitrogens with one attached hydrogen (secondary N) is 4. The molecule has 47 heavy (non-hydrogen) atoms. The van der Waals surface area contributed by atoms with E-state index in [2.05, 4.69) is 100 Å². The van der Waals surface area contributed by atoms with Gasteiger partial charge < -0.3 is 25.5 Å². The van der Waals surface area contributed by atoms with Crippen LogP contribution in [0.1, 0.15) is 62.3 Å². The molecule has 1 unspecified atom stereocenters. The smallest absolute Gasteiger partial charge is 0.236 e. The number of carbonyl (C=O) groups excluding carboxylic acids is 2. The number of aromatic nitrogens is 4. The number of imidazole rings is 2. The number of hydrogen-bond acceptors (Lipinski definition) is 5. The maximum Gasteiger partial charge on any atom is 0.236 e. The van der Waals surface area contributed by atoms with Gasteiger partial charge in [-0.25, -0.2) is 9.97 Å². The largest absolute Gasteiger partial charge is 0.348 e. The summed E-state index contributed by atoms with van der Waals surface area (Å²) in [6.45, 7) is 5.64. The van der Waals surface area contributed by atoms with Gasteiger partial charge in [0.1, 0.15) is 11.6 Å². The normalized spacial score (nSPS) is 14.0. The zero-order chi connectivity index (χ0) is 32.8. The van der Waals surface area contributed by atoms with Crippen LogP contribution in [0.2, 0.25) is 0 Å². The SMILES string of the molecule is CCCN(Cc1ncc(-c2ccc(-c3ccc(-c4cnc(C(C)[C@H](NC(=O)C5CC5)c5ccccc5)[nH]4)cc3)cc2)[nH]1)C(=O)CNC. The van der Waals surface area contributed by atoms with Crippen LogP contribution >= 0.6 is 0 Å². The Hall–Kier alpha value is -5.02. The standard InChI is InChI=1S/C38H43N7O2/c1-4-20-45(35(46)23-39-3)24-34-40-21-32(42-34)28-14-10-26(11-15-28)27-12-16-29(17-13-27)33-22-41-37(43-33)25(2)36(30-8-6-5-7-9-30)44-38(47)31-18-19-31/h5-17,21-22,25,31,36,39H,4,18-20,23-24H2,1-3H3,(H,40,42)(H,41,43)(H,44,47)/t25?,36-/m0/s1. The van der Waals surface area contributed by atoms with E-state index < -0.39 is 0 Å². The summed E-state index contributed by atoms with van der Waals surface area (Å²) in [5.41, 5.74) is 7.25. The molecule has 0 saturated heterocycles. The van der Waals surface area contributed by atoms with Crippen molar-refractivity contribution in [3.63, 3.8) is 0 Å². The highest BCUT2D eigenvalue weighted by atomic mass is 16.2. The zero-order valence-electron chi connectivity index (χ0n) is 27.3. The second-order valence-corrected chi connectivity index (χ2v) is 12.4. The number of H-pyrrole nitrogens is 2. The summed E-state index contributed by atoms with van der Waals surface area (Å²) in [4.78, 5) is 43.2. The van der Waals surface area contributed by atoms with Gasteiger partial charge in [-0.2, -0.15) is 0 Å². The molecular weight excluding hydrogens is 586 g/mol. The molecule has 1 saturated carbocycles. The number of hydrogen-bond donors (Lipinski definition) is 4. The van der Waals surface area contributed by atoms with Crippen molar-refractivity contribution in [1.29, 1.82) is 0 Å². The number of nitrogens with zero attached hydrogens (tertiary/aromatic N) is 3. The van der Waals surface area contributed by atoms with E-state index in [0.717, 1.165) is 70.1 Å². The fraction of sp³-hybridized carbons (Fsp3) is 0.316. The molecule has 9 heteroatoms. The molecule has 6 rings (SSSR count). The average molecular weight is 630 g/mol. The first-order valence-electron chi connectivity index (χ1n) is 16.5. The highest BCUT2D eigenvalue weighted by Gasteiger charge is 2.33. The van der Waals surface area contributed by atoms with Crippen LogP contribution in [0, 0.1) is 5.92 Å².